The number of amides is 1. The number of benzene rings is 1. The average molecular weight is 332 g/mol. The molecule has 1 aromatic rings. The van der Waals surface area contributed by atoms with Gasteiger partial charge in [0.1, 0.15) is 5.54 Å². The van der Waals surface area contributed by atoms with E-state index in [1.165, 1.54) is 5.56 Å². The fraction of sp³-hybridized carbons (Fsp3) is 0.650. The van der Waals surface area contributed by atoms with E-state index in [9.17, 15) is 4.79 Å². The van der Waals surface area contributed by atoms with Crippen LogP contribution in [0, 0.1) is 10.8 Å². The molecule has 4 nitrogen and oxygen atoms in total. The topological polar surface area (TPSA) is 64.3 Å². The van der Waals surface area contributed by atoms with Crippen molar-refractivity contribution in [2.75, 3.05) is 13.2 Å². The van der Waals surface area contributed by atoms with Crippen LogP contribution in [0.1, 0.15) is 46.6 Å². The van der Waals surface area contributed by atoms with Crippen LogP contribution in [0.4, 0.5) is 0 Å². The summed E-state index contributed by atoms with van der Waals surface area (Å²) in [4.78, 5) is 12.7. The Kier molecular flexibility index (Phi) is 5.41. The van der Waals surface area contributed by atoms with Crippen LogP contribution in [0.15, 0.2) is 30.3 Å². The average Bonchev–Trinajstić information content (AvgIpc) is 2.52. The van der Waals surface area contributed by atoms with Gasteiger partial charge in [0.15, 0.2) is 0 Å². The second kappa shape index (κ2) is 6.85. The lowest BCUT2D eigenvalue weighted by Gasteiger charge is -2.57. The molecule has 1 fully saturated rings. The highest BCUT2D eigenvalue weighted by molar-refractivity contribution is 5.88. The fourth-order valence-corrected chi connectivity index (χ4v) is 3.51. The van der Waals surface area contributed by atoms with E-state index >= 15 is 0 Å². The Hall–Kier alpha value is -1.39. The van der Waals surface area contributed by atoms with E-state index in [0.29, 0.717) is 19.6 Å². The first-order valence-electron chi connectivity index (χ1n) is 8.85. The Bertz CT molecular complexity index is 568. The molecular formula is C20H32N2O2. The Morgan fingerprint density at radius 3 is 2.50 bits per heavy atom. The summed E-state index contributed by atoms with van der Waals surface area (Å²) >= 11 is 0. The Morgan fingerprint density at radius 2 is 1.96 bits per heavy atom. The summed E-state index contributed by atoms with van der Waals surface area (Å²) in [5.41, 5.74) is 6.48. The van der Waals surface area contributed by atoms with Crippen LogP contribution in [-0.4, -0.2) is 30.7 Å². The summed E-state index contributed by atoms with van der Waals surface area (Å²) in [5, 5.41) is 3.08. The first-order chi connectivity index (χ1) is 11.1. The van der Waals surface area contributed by atoms with Crippen LogP contribution in [0.5, 0.6) is 0 Å². The molecule has 2 atom stereocenters. The van der Waals surface area contributed by atoms with Crippen LogP contribution in [-0.2, 0) is 16.0 Å². The van der Waals surface area contributed by atoms with Gasteiger partial charge in [0.25, 0.3) is 0 Å². The van der Waals surface area contributed by atoms with Crippen molar-refractivity contribution in [2.24, 2.45) is 16.6 Å². The predicted molar refractivity (Wildman–Crippen MR) is 97.7 cm³/mol. The highest BCUT2D eigenvalue weighted by atomic mass is 16.5. The quantitative estimate of drug-likeness (QED) is 0.807. The lowest BCUT2D eigenvalue weighted by Crippen LogP contribution is -2.76. The smallest absolute Gasteiger partial charge is 0.240 e. The molecule has 0 aliphatic heterocycles. The summed E-state index contributed by atoms with van der Waals surface area (Å²) in [5.74, 6) is -0.0652. The summed E-state index contributed by atoms with van der Waals surface area (Å²) in [6.07, 6.45) is 1.55. The normalized spacial score (nSPS) is 25.8. The van der Waals surface area contributed by atoms with Crippen molar-refractivity contribution >= 4 is 5.91 Å². The van der Waals surface area contributed by atoms with Crippen molar-refractivity contribution < 1.29 is 9.53 Å². The lowest BCUT2D eigenvalue weighted by molar-refractivity contribution is -0.170. The molecule has 1 aliphatic carbocycles. The summed E-state index contributed by atoms with van der Waals surface area (Å²) in [6.45, 7) is 11.6. The van der Waals surface area contributed by atoms with E-state index in [0.717, 1.165) is 6.42 Å². The van der Waals surface area contributed by atoms with Gasteiger partial charge >= 0.3 is 0 Å². The number of nitrogens with two attached hydrogens (primary N) is 1. The van der Waals surface area contributed by atoms with E-state index in [1.807, 2.05) is 39.0 Å². The van der Waals surface area contributed by atoms with Gasteiger partial charge in [0, 0.05) is 25.0 Å². The van der Waals surface area contributed by atoms with E-state index in [1.54, 1.807) is 0 Å². The van der Waals surface area contributed by atoms with E-state index in [2.05, 4.69) is 31.3 Å². The lowest BCUT2D eigenvalue weighted by atomic mass is 9.54. The zero-order valence-electron chi connectivity index (χ0n) is 15.7. The molecular weight excluding hydrogens is 300 g/mol. The zero-order chi connectivity index (χ0) is 18.0. The number of hydrogen-bond donors (Lipinski definition) is 2. The number of ether oxygens (including phenoxy) is 1. The molecule has 0 radical (unpaired) electrons. The zero-order valence-corrected chi connectivity index (χ0v) is 15.7. The molecule has 0 heterocycles. The first-order valence-corrected chi connectivity index (χ1v) is 8.85. The minimum atomic E-state index is -0.852. The fourth-order valence-electron chi connectivity index (χ4n) is 3.51. The van der Waals surface area contributed by atoms with Crippen molar-refractivity contribution in [1.29, 1.82) is 0 Å². The van der Waals surface area contributed by atoms with Gasteiger partial charge in [-0.05, 0) is 24.3 Å². The van der Waals surface area contributed by atoms with E-state index in [-0.39, 0.29) is 22.8 Å². The number of carbonyl (C=O) groups is 1. The molecule has 134 valence electrons. The highest BCUT2D eigenvalue weighted by Crippen LogP contribution is 2.49. The molecule has 1 aliphatic rings. The molecule has 1 amide bonds. The van der Waals surface area contributed by atoms with Gasteiger partial charge in [-0.15, -0.1) is 0 Å². The van der Waals surface area contributed by atoms with Crippen LogP contribution in [0.25, 0.3) is 0 Å². The van der Waals surface area contributed by atoms with Crippen molar-refractivity contribution in [3.63, 3.8) is 0 Å². The molecule has 3 N–H and O–H groups in total. The van der Waals surface area contributed by atoms with Crippen molar-refractivity contribution in [3.8, 4) is 0 Å². The number of hydrogen-bond acceptors (Lipinski definition) is 3. The maximum Gasteiger partial charge on any atom is 0.240 e. The van der Waals surface area contributed by atoms with Gasteiger partial charge in [-0.2, -0.15) is 0 Å². The third kappa shape index (κ3) is 3.65. The van der Waals surface area contributed by atoms with Gasteiger partial charge in [-0.3, -0.25) is 4.79 Å². The molecule has 0 bridgehead atoms. The van der Waals surface area contributed by atoms with Crippen LogP contribution in [0.3, 0.4) is 0 Å². The molecule has 1 saturated carbocycles. The maximum absolute atomic E-state index is 12.7. The highest BCUT2D eigenvalue weighted by Gasteiger charge is 2.62. The van der Waals surface area contributed by atoms with E-state index < -0.39 is 5.54 Å². The number of rotatable bonds is 7. The number of carbonyl (C=O) groups excluding carboxylic acids is 1. The largest absolute Gasteiger partial charge is 0.378 e. The molecule has 2 rings (SSSR count). The first kappa shape index (κ1) is 18.9. The third-order valence-corrected chi connectivity index (χ3v) is 5.49. The molecule has 4 heteroatoms. The second-order valence-electron chi connectivity index (χ2n) is 8.35. The molecule has 0 aromatic heterocycles. The second-order valence-corrected chi connectivity index (χ2v) is 8.35. The molecule has 1 aromatic carbocycles. The van der Waals surface area contributed by atoms with Crippen molar-refractivity contribution in [1.82, 2.24) is 5.32 Å². The van der Waals surface area contributed by atoms with Gasteiger partial charge < -0.3 is 15.8 Å². The molecule has 2 unspecified atom stereocenters. The Balaban J connectivity index is 1.93. The van der Waals surface area contributed by atoms with E-state index in [4.69, 9.17) is 10.5 Å². The van der Waals surface area contributed by atoms with Crippen LogP contribution >= 0.6 is 0 Å². The van der Waals surface area contributed by atoms with Gasteiger partial charge in [0.2, 0.25) is 5.91 Å². The Morgan fingerprint density at radius 1 is 1.33 bits per heavy atom. The summed E-state index contributed by atoms with van der Waals surface area (Å²) in [7, 11) is 0. The summed E-state index contributed by atoms with van der Waals surface area (Å²) < 4.78 is 5.70. The minimum Gasteiger partial charge on any atom is -0.378 e. The number of nitrogens with one attached hydrogen (secondary N) is 1. The summed E-state index contributed by atoms with van der Waals surface area (Å²) in [6, 6.07) is 10.3. The maximum atomic E-state index is 12.7. The Labute approximate surface area is 146 Å². The minimum absolute atomic E-state index is 0.0272. The monoisotopic (exact) mass is 332 g/mol. The third-order valence-electron chi connectivity index (χ3n) is 5.49. The predicted octanol–water partition coefficient (Wildman–Crippen LogP) is 2.90. The van der Waals surface area contributed by atoms with Gasteiger partial charge in [-0.25, -0.2) is 0 Å². The van der Waals surface area contributed by atoms with Crippen LogP contribution < -0.4 is 11.1 Å². The van der Waals surface area contributed by atoms with Crippen LogP contribution in [0.2, 0.25) is 0 Å². The van der Waals surface area contributed by atoms with Gasteiger partial charge in [0.05, 0.1) is 6.10 Å². The van der Waals surface area contributed by atoms with Gasteiger partial charge in [-0.1, -0.05) is 58.0 Å². The van der Waals surface area contributed by atoms with Crippen molar-refractivity contribution in [3.05, 3.63) is 35.9 Å². The molecule has 24 heavy (non-hydrogen) atoms. The molecule has 0 spiro atoms. The SMILES string of the molecule is CCOC1CC(N)(C(=O)NCC(C)(C)Cc2ccccc2)C1(C)C. The standard InChI is InChI=1S/C20H32N2O2/c1-6-24-16-13-20(21,19(16,4)5)17(23)22-14-18(2,3)12-15-10-8-7-9-11-15/h7-11,16H,6,12-14,21H2,1-5H3,(H,22,23). The van der Waals surface area contributed by atoms with Crippen molar-refractivity contribution in [2.45, 2.75) is 59.1 Å². The molecule has 0 saturated heterocycles.